The number of likely N-dealkylation sites (tertiary alicyclic amines) is 1. The van der Waals surface area contributed by atoms with Crippen LogP contribution in [0.3, 0.4) is 0 Å². The van der Waals surface area contributed by atoms with E-state index < -0.39 is 0 Å². The number of carbonyl (C=O) groups is 1. The van der Waals surface area contributed by atoms with E-state index >= 15 is 0 Å². The predicted octanol–water partition coefficient (Wildman–Crippen LogP) is 3.24. The normalized spacial score (nSPS) is 15.6. The lowest BCUT2D eigenvalue weighted by atomic mass is 9.87. The molecule has 3 rings (SSSR count). The summed E-state index contributed by atoms with van der Waals surface area (Å²) in [4.78, 5) is 14.5. The van der Waals surface area contributed by atoms with Gasteiger partial charge in [-0.25, -0.2) is 0 Å². The summed E-state index contributed by atoms with van der Waals surface area (Å²) in [7, 11) is 0. The Morgan fingerprint density at radius 1 is 1.04 bits per heavy atom. The van der Waals surface area contributed by atoms with Gasteiger partial charge in [-0.2, -0.15) is 0 Å². The van der Waals surface area contributed by atoms with Crippen LogP contribution in [0.4, 0.5) is 0 Å². The highest BCUT2D eigenvalue weighted by molar-refractivity contribution is 5.78. The Labute approximate surface area is 136 Å². The standard InChI is InChI=1S/C19H21NO3/c21-15-7-5-6-14(12-15)17(16-8-1-2-9-18(16)22)13-19(23)20-10-3-4-11-20/h1-2,5-9,12,17,21-22H,3-4,10-11,13H2. The minimum atomic E-state index is -0.267. The molecule has 0 spiro atoms. The van der Waals surface area contributed by atoms with Crippen molar-refractivity contribution in [3.05, 3.63) is 59.7 Å². The molecule has 0 aromatic heterocycles. The summed E-state index contributed by atoms with van der Waals surface area (Å²) in [5, 5.41) is 20.0. The first-order chi connectivity index (χ1) is 11.1. The molecule has 120 valence electrons. The van der Waals surface area contributed by atoms with Crippen molar-refractivity contribution in [1.82, 2.24) is 4.90 Å². The van der Waals surface area contributed by atoms with Crippen molar-refractivity contribution in [2.45, 2.75) is 25.2 Å². The highest BCUT2D eigenvalue weighted by atomic mass is 16.3. The van der Waals surface area contributed by atoms with Crippen molar-refractivity contribution in [2.75, 3.05) is 13.1 Å². The van der Waals surface area contributed by atoms with Gasteiger partial charge in [-0.15, -0.1) is 0 Å². The molecule has 0 saturated carbocycles. The van der Waals surface area contributed by atoms with Crippen LogP contribution < -0.4 is 0 Å². The van der Waals surface area contributed by atoms with Crippen molar-refractivity contribution in [3.8, 4) is 11.5 Å². The highest BCUT2D eigenvalue weighted by Crippen LogP contribution is 2.35. The topological polar surface area (TPSA) is 60.8 Å². The van der Waals surface area contributed by atoms with Crippen LogP contribution >= 0.6 is 0 Å². The maximum Gasteiger partial charge on any atom is 0.223 e. The first-order valence-electron chi connectivity index (χ1n) is 8.00. The molecule has 1 fully saturated rings. The van der Waals surface area contributed by atoms with Crippen molar-refractivity contribution in [3.63, 3.8) is 0 Å². The van der Waals surface area contributed by atoms with E-state index in [1.807, 2.05) is 23.1 Å². The monoisotopic (exact) mass is 311 g/mol. The number of aromatic hydroxyl groups is 2. The molecule has 1 heterocycles. The smallest absolute Gasteiger partial charge is 0.223 e. The number of para-hydroxylation sites is 1. The Bertz CT molecular complexity index is 693. The summed E-state index contributed by atoms with van der Waals surface area (Å²) in [5.74, 6) is 0.169. The number of hydrogen-bond acceptors (Lipinski definition) is 3. The lowest BCUT2D eigenvalue weighted by Gasteiger charge is -2.22. The number of phenolic OH excluding ortho intramolecular Hbond substituents is 2. The van der Waals surface area contributed by atoms with Gasteiger partial charge in [-0.3, -0.25) is 4.79 Å². The largest absolute Gasteiger partial charge is 0.508 e. The van der Waals surface area contributed by atoms with E-state index in [-0.39, 0.29) is 23.3 Å². The summed E-state index contributed by atoms with van der Waals surface area (Å²) in [6.07, 6.45) is 2.40. The molecule has 2 aromatic carbocycles. The third kappa shape index (κ3) is 3.47. The van der Waals surface area contributed by atoms with Gasteiger partial charge in [0.05, 0.1) is 0 Å². The Kier molecular flexibility index (Phi) is 4.51. The van der Waals surface area contributed by atoms with E-state index in [4.69, 9.17) is 0 Å². The van der Waals surface area contributed by atoms with Crippen molar-refractivity contribution >= 4 is 5.91 Å². The SMILES string of the molecule is O=C(CC(c1cccc(O)c1)c1ccccc1O)N1CCCC1. The molecule has 0 bridgehead atoms. The van der Waals surface area contributed by atoms with E-state index in [1.54, 1.807) is 30.3 Å². The molecule has 1 aliphatic heterocycles. The number of nitrogens with zero attached hydrogens (tertiary/aromatic N) is 1. The summed E-state index contributed by atoms with van der Waals surface area (Å²) < 4.78 is 0. The summed E-state index contributed by atoms with van der Waals surface area (Å²) in [6.45, 7) is 1.62. The fraction of sp³-hybridized carbons (Fsp3) is 0.316. The summed E-state index contributed by atoms with van der Waals surface area (Å²) in [5.41, 5.74) is 1.55. The molecular weight excluding hydrogens is 290 g/mol. The van der Waals surface area contributed by atoms with Gasteiger partial charge in [0, 0.05) is 31.0 Å². The second-order valence-corrected chi connectivity index (χ2v) is 6.00. The molecule has 2 aromatic rings. The third-order valence-corrected chi connectivity index (χ3v) is 4.42. The molecule has 1 aliphatic rings. The van der Waals surface area contributed by atoms with Crippen LogP contribution in [0, 0.1) is 0 Å². The summed E-state index contributed by atoms with van der Waals surface area (Å²) in [6, 6.07) is 14.0. The van der Waals surface area contributed by atoms with Gasteiger partial charge in [-0.05, 0) is 36.6 Å². The van der Waals surface area contributed by atoms with Crippen LogP contribution in [-0.2, 0) is 4.79 Å². The van der Waals surface area contributed by atoms with Crippen LogP contribution in [0.15, 0.2) is 48.5 Å². The number of carbonyl (C=O) groups excluding carboxylic acids is 1. The van der Waals surface area contributed by atoms with Crippen molar-refractivity contribution in [1.29, 1.82) is 0 Å². The number of amides is 1. The second kappa shape index (κ2) is 6.73. The molecule has 1 saturated heterocycles. The lowest BCUT2D eigenvalue weighted by Crippen LogP contribution is -2.29. The molecular formula is C19H21NO3. The number of phenols is 2. The van der Waals surface area contributed by atoms with Gasteiger partial charge in [0.2, 0.25) is 5.91 Å². The molecule has 4 nitrogen and oxygen atoms in total. The Morgan fingerprint density at radius 3 is 2.48 bits per heavy atom. The van der Waals surface area contributed by atoms with Gasteiger partial charge < -0.3 is 15.1 Å². The van der Waals surface area contributed by atoms with Gasteiger partial charge in [0.1, 0.15) is 11.5 Å². The van der Waals surface area contributed by atoms with E-state index in [0.717, 1.165) is 31.5 Å². The zero-order valence-corrected chi connectivity index (χ0v) is 13.0. The van der Waals surface area contributed by atoms with Crippen LogP contribution in [0.5, 0.6) is 11.5 Å². The Morgan fingerprint density at radius 2 is 1.78 bits per heavy atom. The van der Waals surface area contributed by atoms with Gasteiger partial charge in [-0.1, -0.05) is 30.3 Å². The fourth-order valence-electron chi connectivity index (χ4n) is 3.20. The molecule has 1 amide bonds. The molecule has 23 heavy (non-hydrogen) atoms. The number of benzene rings is 2. The maximum atomic E-state index is 12.6. The lowest BCUT2D eigenvalue weighted by molar-refractivity contribution is -0.130. The van der Waals surface area contributed by atoms with Crippen LogP contribution in [0.1, 0.15) is 36.3 Å². The van der Waals surface area contributed by atoms with Crippen molar-refractivity contribution < 1.29 is 15.0 Å². The quantitative estimate of drug-likeness (QED) is 0.911. The third-order valence-electron chi connectivity index (χ3n) is 4.42. The van der Waals surface area contributed by atoms with Gasteiger partial charge >= 0.3 is 0 Å². The second-order valence-electron chi connectivity index (χ2n) is 6.00. The molecule has 2 N–H and O–H groups in total. The van der Waals surface area contributed by atoms with Crippen molar-refractivity contribution in [2.24, 2.45) is 0 Å². The van der Waals surface area contributed by atoms with E-state index in [2.05, 4.69) is 0 Å². The van der Waals surface area contributed by atoms with Gasteiger partial charge in [0.25, 0.3) is 0 Å². The van der Waals surface area contributed by atoms with Gasteiger partial charge in [0.15, 0.2) is 0 Å². The fourth-order valence-corrected chi connectivity index (χ4v) is 3.20. The molecule has 0 aliphatic carbocycles. The zero-order valence-electron chi connectivity index (χ0n) is 13.0. The predicted molar refractivity (Wildman–Crippen MR) is 88.5 cm³/mol. The number of rotatable bonds is 4. The van der Waals surface area contributed by atoms with Crippen LogP contribution in [-0.4, -0.2) is 34.1 Å². The van der Waals surface area contributed by atoms with Crippen LogP contribution in [0.25, 0.3) is 0 Å². The Balaban J connectivity index is 1.93. The van der Waals surface area contributed by atoms with E-state index in [9.17, 15) is 15.0 Å². The zero-order chi connectivity index (χ0) is 16.2. The number of hydrogen-bond donors (Lipinski definition) is 2. The first-order valence-corrected chi connectivity index (χ1v) is 8.00. The van der Waals surface area contributed by atoms with E-state index in [0.29, 0.717) is 12.0 Å². The molecule has 0 radical (unpaired) electrons. The average Bonchev–Trinajstić information content (AvgIpc) is 3.08. The minimum absolute atomic E-state index is 0.0964. The first kappa shape index (κ1) is 15.4. The minimum Gasteiger partial charge on any atom is -0.508 e. The molecule has 4 heteroatoms. The van der Waals surface area contributed by atoms with E-state index in [1.165, 1.54) is 0 Å². The van der Waals surface area contributed by atoms with Crippen LogP contribution in [0.2, 0.25) is 0 Å². The maximum absolute atomic E-state index is 12.6. The highest BCUT2D eigenvalue weighted by Gasteiger charge is 2.25. The summed E-state index contributed by atoms with van der Waals surface area (Å²) >= 11 is 0. The molecule has 1 atom stereocenters. The molecule has 1 unspecified atom stereocenters. The average molecular weight is 311 g/mol. The Hall–Kier alpha value is -2.49.